The van der Waals surface area contributed by atoms with E-state index in [1.807, 2.05) is 17.5 Å². The minimum Gasteiger partial charge on any atom is -0.456 e. The van der Waals surface area contributed by atoms with E-state index in [2.05, 4.69) is 20.4 Å². The fraction of sp³-hybridized carbons (Fsp3) is 0.429. The van der Waals surface area contributed by atoms with Gasteiger partial charge in [0.2, 0.25) is 5.91 Å². The third kappa shape index (κ3) is 6.39. The summed E-state index contributed by atoms with van der Waals surface area (Å²) in [5.74, 6) is -0.690. The van der Waals surface area contributed by atoms with Crippen LogP contribution in [0.1, 0.15) is 50.5 Å². The van der Waals surface area contributed by atoms with E-state index in [0.29, 0.717) is 16.7 Å². The van der Waals surface area contributed by atoms with E-state index in [1.165, 1.54) is 31.1 Å². The molecule has 0 saturated heterocycles. The number of benzene rings is 1. The molecule has 1 aromatic carbocycles. The van der Waals surface area contributed by atoms with Crippen LogP contribution in [0.15, 0.2) is 35.8 Å². The van der Waals surface area contributed by atoms with Crippen molar-refractivity contribution in [2.24, 2.45) is 5.92 Å². The lowest BCUT2D eigenvalue weighted by Crippen LogP contribution is -2.23. The number of aromatic nitrogens is 1. The van der Waals surface area contributed by atoms with E-state index >= 15 is 0 Å². The lowest BCUT2D eigenvalue weighted by molar-refractivity contribution is -0.144. The highest BCUT2D eigenvalue weighted by Gasteiger charge is 2.27. The first-order chi connectivity index (χ1) is 14.0. The Balaban J connectivity index is 1.68. The van der Waals surface area contributed by atoms with Crippen LogP contribution in [0, 0.1) is 5.92 Å². The second kappa shape index (κ2) is 10.2. The number of hydrogen-bond donors (Lipinski definition) is 2. The number of carbonyl (C=O) groups is 3. The Kier molecular flexibility index (Phi) is 7.35. The van der Waals surface area contributed by atoms with Crippen LogP contribution in [0.3, 0.4) is 0 Å². The van der Waals surface area contributed by atoms with E-state index in [4.69, 9.17) is 0 Å². The van der Waals surface area contributed by atoms with Crippen molar-refractivity contribution in [3.8, 4) is 0 Å². The summed E-state index contributed by atoms with van der Waals surface area (Å²) < 4.78 is 4.68. The van der Waals surface area contributed by atoms with Crippen molar-refractivity contribution in [1.29, 1.82) is 0 Å². The molecule has 0 aliphatic heterocycles. The predicted molar refractivity (Wildman–Crippen MR) is 112 cm³/mol. The van der Waals surface area contributed by atoms with Gasteiger partial charge in [-0.25, -0.2) is 4.98 Å². The molecule has 0 spiro atoms. The molecule has 0 radical (unpaired) electrons. The van der Waals surface area contributed by atoms with Gasteiger partial charge in [0.15, 0.2) is 11.7 Å². The SMILES string of the molecule is CC(=O)OCC(=O)Nc1ccc(C(CC2CCCC2)C(=O)Nc2nccs2)cc1. The van der Waals surface area contributed by atoms with E-state index in [-0.39, 0.29) is 18.4 Å². The smallest absolute Gasteiger partial charge is 0.303 e. The maximum absolute atomic E-state index is 12.9. The first kappa shape index (κ1) is 21.0. The second-order valence-electron chi connectivity index (χ2n) is 7.22. The number of carbonyl (C=O) groups excluding carboxylic acids is 3. The molecule has 3 rings (SSSR count). The number of rotatable bonds is 8. The van der Waals surface area contributed by atoms with Crippen molar-refractivity contribution in [3.05, 3.63) is 41.4 Å². The van der Waals surface area contributed by atoms with Gasteiger partial charge in [-0.3, -0.25) is 14.4 Å². The van der Waals surface area contributed by atoms with E-state index in [9.17, 15) is 14.4 Å². The highest BCUT2D eigenvalue weighted by Crippen LogP contribution is 2.35. The van der Waals surface area contributed by atoms with E-state index in [1.54, 1.807) is 18.3 Å². The fourth-order valence-corrected chi connectivity index (χ4v) is 4.15. The first-order valence-corrected chi connectivity index (χ1v) is 10.6. The van der Waals surface area contributed by atoms with Gasteiger partial charge in [0.1, 0.15) is 0 Å². The van der Waals surface area contributed by atoms with E-state index in [0.717, 1.165) is 24.8 Å². The molecule has 1 saturated carbocycles. The van der Waals surface area contributed by atoms with Gasteiger partial charge in [0.05, 0.1) is 5.92 Å². The van der Waals surface area contributed by atoms with Crippen LogP contribution >= 0.6 is 11.3 Å². The molecule has 1 heterocycles. The maximum Gasteiger partial charge on any atom is 0.303 e. The van der Waals surface area contributed by atoms with Crippen LogP contribution in [-0.2, 0) is 19.1 Å². The zero-order chi connectivity index (χ0) is 20.6. The van der Waals surface area contributed by atoms with Crippen LogP contribution in [0.2, 0.25) is 0 Å². The summed E-state index contributed by atoms with van der Waals surface area (Å²) >= 11 is 1.40. The molecular formula is C21H25N3O4S. The van der Waals surface area contributed by atoms with Crippen LogP contribution in [-0.4, -0.2) is 29.4 Å². The minimum atomic E-state index is -0.503. The summed E-state index contributed by atoms with van der Waals surface area (Å²) in [6.07, 6.45) is 7.23. The topological polar surface area (TPSA) is 97.4 Å². The third-order valence-electron chi connectivity index (χ3n) is 5.03. The lowest BCUT2D eigenvalue weighted by atomic mass is 9.87. The Morgan fingerprint density at radius 3 is 2.52 bits per heavy atom. The molecule has 2 amide bonds. The van der Waals surface area contributed by atoms with Gasteiger partial charge in [-0.1, -0.05) is 37.8 Å². The minimum absolute atomic E-state index is 0.0570. The zero-order valence-electron chi connectivity index (χ0n) is 16.3. The first-order valence-electron chi connectivity index (χ1n) is 9.75. The molecule has 1 aliphatic rings. The van der Waals surface area contributed by atoms with Gasteiger partial charge >= 0.3 is 5.97 Å². The van der Waals surface area contributed by atoms with Crippen molar-refractivity contribution in [2.45, 2.75) is 44.9 Å². The van der Waals surface area contributed by atoms with Gasteiger partial charge in [0, 0.05) is 24.2 Å². The molecular weight excluding hydrogens is 390 g/mol. The number of nitrogens with zero attached hydrogens (tertiary/aromatic N) is 1. The summed E-state index contributed by atoms with van der Waals surface area (Å²) in [7, 11) is 0. The predicted octanol–water partition coefficient (Wildman–Crippen LogP) is 3.95. The standard InChI is InChI=1S/C21H25N3O4S/c1-14(25)28-13-19(26)23-17-8-6-16(7-9-17)18(12-15-4-2-3-5-15)20(27)24-21-22-10-11-29-21/h6-11,15,18H,2-5,12-13H2,1H3,(H,23,26)(H,22,24,27). The Labute approximate surface area is 173 Å². The molecule has 29 heavy (non-hydrogen) atoms. The number of hydrogen-bond acceptors (Lipinski definition) is 6. The van der Waals surface area contributed by atoms with Gasteiger partial charge in [-0.2, -0.15) is 0 Å². The summed E-state index contributed by atoms with van der Waals surface area (Å²) in [5.41, 5.74) is 1.50. The largest absolute Gasteiger partial charge is 0.456 e. The molecule has 1 fully saturated rings. The summed E-state index contributed by atoms with van der Waals surface area (Å²) in [6, 6.07) is 7.25. The Hall–Kier alpha value is -2.74. The summed E-state index contributed by atoms with van der Waals surface area (Å²) in [4.78, 5) is 39.7. The van der Waals surface area contributed by atoms with E-state index < -0.39 is 11.9 Å². The molecule has 1 unspecified atom stereocenters. The van der Waals surface area contributed by atoms with Gasteiger partial charge in [0.25, 0.3) is 5.91 Å². The van der Waals surface area contributed by atoms with Crippen molar-refractivity contribution >= 4 is 39.9 Å². The highest BCUT2D eigenvalue weighted by molar-refractivity contribution is 7.13. The van der Waals surface area contributed by atoms with Crippen molar-refractivity contribution in [3.63, 3.8) is 0 Å². The monoisotopic (exact) mass is 415 g/mol. The normalized spacial score (nSPS) is 14.9. The quantitative estimate of drug-likeness (QED) is 0.636. The molecule has 154 valence electrons. The number of nitrogens with one attached hydrogen (secondary N) is 2. The Morgan fingerprint density at radius 2 is 1.90 bits per heavy atom. The Bertz CT molecular complexity index is 830. The van der Waals surface area contributed by atoms with Gasteiger partial charge < -0.3 is 15.4 Å². The van der Waals surface area contributed by atoms with Crippen LogP contribution < -0.4 is 10.6 Å². The molecule has 7 nitrogen and oxygen atoms in total. The number of esters is 1. The maximum atomic E-state index is 12.9. The highest BCUT2D eigenvalue weighted by atomic mass is 32.1. The second-order valence-corrected chi connectivity index (χ2v) is 8.11. The number of anilines is 2. The van der Waals surface area contributed by atoms with Crippen molar-refractivity contribution < 1.29 is 19.1 Å². The summed E-state index contributed by atoms with van der Waals surface area (Å²) in [6.45, 7) is 0.931. The molecule has 2 N–H and O–H groups in total. The zero-order valence-corrected chi connectivity index (χ0v) is 17.2. The molecule has 1 aromatic heterocycles. The number of amides is 2. The van der Waals surface area contributed by atoms with Gasteiger partial charge in [-0.15, -0.1) is 11.3 Å². The van der Waals surface area contributed by atoms with Crippen LogP contribution in [0.5, 0.6) is 0 Å². The van der Waals surface area contributed by atoms with Crippen LogP contribution in [0.25, 0.3) is 0 Å². The number of thiazole rings is 1. The van der Waals surface area contributed by atoms with Gasteiger partial charge in [-0.05, 0) is 30.0 Å². The Morgan fingerprint density at radius 1 is 1.17 bits per heavy atom. The molecule has 1 atom stereocenters. The molecule has 2 aromatic rings. The average Bonchev–Trinajstić information content (AvgIpc) is 3.39. The number of ether oxygens (including phenoxy) is 1. The average molecular weight is 416 g/mol. The van der Waals surface area contributed by atoms with Crippen molar-refractivity contribution in [2.75, 3.05) is 17.2 Å². The summed E-state index contributed by atoms with van der Waals surface area (Å²) in [5, 5.41) is 8.02. The third-order valence-corrected chi connectivity index (χ3v) is 5.71. The molecule has 1 aliphatic carbocycles. The molecule has 8 heteroatoms. The molecule has 0 bridgehead atoms. The van der Waals surface area contributed by atoms with Crippen molar-refractivity contribution in [1.82, 2.24) is 4.98 Å². The van der Waals surface area contributed by atoms with Crippen LogP contribution in [0.4, 0.5) is 10.8 Å². The lowest BCUT2D eigenvalue weighted by Gasteiger charge is -2.20. The fourth-order valence-electron chi connectivity index (χ4n) is 3.61.